The number of hydrogen-bond acceptors (Lipinski definition) is 4. The van der Waals surface area contributed by atoms with E-state index in [4.69, 9.17) is 4.74 Å². The fraction of sp³-hybridized carbons (Fsp3) is 0.400. The highest BCUT2D eigenvalue weighted by molar-refractivity contribution is 5.95. The first kappa shape index (κ1) is 11.3. The van der Waals surface area contributed by atoms with Gasteiger partial charge in [0.15, 0.2) is 5.82 Å². The molecule has 0 bridgehead atoms. The van der Waals surface area contributed by atoms with E-state index in [1.54, 1.807) is 19.9 Å². The van der Waals surface area contributed by atoms with Gasteiger partial charge in [-0.1, -0.05) is 6.08 Å². The van der Waals surface area contributed by atoms with Gasteiger partial charge >= 0.3 is 5.97 Å². The molecular formula is C10H15N3O2. The summed E-state index contributed by atoms with van der Waals surface area (Å²) < 4.78 is 4.92. The molecule has 0 radical (unpaired) electrons. The zero-order chi connectivity index (χ0) is 11.3. The fourth-order valence-electron chi connectivity index (χ4n) is 1.18. The van der Waals surface area contributed by atoms with Crippen LogP contribution >= 0.6 is 0 Å². The highest BCUT2D eigenvalue weighted by Crippen LogP contribution is 2.16. The molecule has 0 saturated heterocycles. The Morgan fingerprint density at radius 2 is 2.47 bits per heavy atom. The number of aromatic nitrogens is 2. The minimum absolute atomic E-state index is 0.352. The van der Waals surface area contributed by atoms with Crippen molar-refractivity contribution in [1.82, 2.24) is 10.2 Å². The molecule has 5 heteroatoms. The van der Waals surface area contributed by atoms with Gasteiger partial charge in [0.2, 0.25) is 0 Å². The SMILES string of the molecule is C=CCNc1n[nH]c(C)c1C(=O)OCC. The van der Waals surface area contributed by atoms with Gasteiger partial charge in [0, 0.05) is 12.2 Å². The minimum Gasteiger partial charge on any atom is -0.462 e. The summed E-state index contributed by atoms with van der Waals surface area (Å²) in [5, 5.41) is 9.67. The summed E-state index contributed by atoms with van der Waals surface area (Å²) in [7, 11) is 0. The molecule has 2 N–H and O–H groups in total. The molecule has 15 heavy (non-hydrogen) atoms. The number of esters is 1. The van der Waals surface area contributed by atoms with Crippen LogP contribution in [0, 0.1) is 6.92 Å². The third-order valence-corrected chi connectivity index (χ3v) is 1.84. The van der Waals surface area contributed by atoms with Crippen molar-refractivity contribution in [3.8, 4) is 0 Å². The lowest BCUT2D eigenvalue weighted by molar-refractivity contribution is 0.0527. The summed E-state index contributed by atoms with van der Waals surface area (Å²) in [6, 6.07) is 0. The maximum atomic E-state index is 11.6. The van der Waals surface area contributed by atoms with Crippen LogP contribution < -0.4 is 5.32 Å². The van der Waals surface area contributed by atoms with E-state index in [0.717, 1.165) is 0 Å². The van der Waals surface area contributed by atoms with E-state index < -0.39 is 0 Å². The highest BCUT2D eigenvalue weighted by atomic mass is 16.5. The lowest BCUT2D eigenvalue weighted by Crippen LogP contribution is -2.09. The molecule has 0 spiro atoms. The van der Waals surface area contributed by atoms with Crippen LogP contribution in [0.15, 0.2) is 12.7 Å². The largest absolute Gasteiger partial charge is 0.462 e. The van der Waals surface area contributed by atoms with Gasteiger partial charge in [0.05, 0.1) is 6.61 Å². The van der Waals surface area contributed by atoms with Crippen LogP contribution in [0.5, 0.6) is 0 Å². The first-order valence-electron chi connectivity index (χ1n) is 4.77. The van der Waals surface area contributed by atoms with Crippen molar-refractivity contribution in [3.63, 3.8) is 0 Å². The molecule has 0 saturated carbocycles. The van der Waals surface area contributed by atoms with Crippen molar-refractivity contribution in [1.29, 1.82) is 0 Å². The van der Waals surface area contributed by atoms with Gasteiger partial charge in [-0.15, -0.1) is 6.58 Å². The number of nitrogens with zero attached hydrogens (tertiary/aromatic N) is 1. The van der Waals surface area contributed by atoms with Gasteiger partial charge in [-0.25, -0.2) is 4.79 Å². The van der Waals surface area contributed by atoms with Crippen LogP contribution in [0.25, 0.3) is 0 Å². The first-order valence-corrected chi connectivity index (χ1v) is 4.77. The van der Waals surface area contributed by atoms with Crippen LogP contribution in [0.3, 0.4) is 0 Å². The van der Waals surface area contributed by atoms with Crippen molar-refractivity contribution >= 4 is 11.8 Å². The second-order valence-corrected chi connectivity index (χ2v) is 2.96. The molecule has 0 fully saturated rings. The normalized spacial score (nSPS) is 9.73. The third-order valence-electron chi connectivity index (χ3n) is 1.84. The molecule has 0 aliphatic heterocycles. The Balaban J connectivity index is 2.87. The molecule has 0 amide bonds. The summed E-state index contributed by atoms with van der Waals surface area (Å²) >= 11 is 0. The monoisotopic (exact) mass is 209 g/mol. The predicted octanol–water partition coefficient (Wildman–Crippen LogP) is 1.49. The standard InChI is InChI=1S/C10H15N3O2/c1-4-6-11-9-8(7(3)12-13-9)10(14)15-5-2/h4H,1,5-6H2,2-3H3,(H2,11,12,13). The van der Waals surface area contributed by atoms with Gasteiger partial charge < -0.3 is 10.1 Å². The van der Waals surface area contributed by atoms with Crippen molar-refractivity contribution < 1.29 is 9.53 Å². The smallest absolute Gasteiger partial charge is 0.343 e. The summed E-state index contributed by atoms with van der Waals surface area (Å²) in [6.07, 6.45) is 1.69. The van der Waals surface area contributed by atoms with Crippen LogP contribution in [-0.2, 0) is 4.74 Å². The molecule has 0 atom stereocenters. The van der Waals surface area contributed by atoms with Crippen LogP contribution in [0.1, 0.15) is 23.0 Å². The molecule has 5 nitrogen and oxygen atoms in total. The molecule has 1 aromatic heterocycles. The molecule has 0 unspecified atom stereocenters. The molecule has 0 aliphatic carbocycles. The van der Waals surface area contributed by atoms with Gasteiger partial charge in [-0.2, -0.15) is 5.10 Å². The Hall–Kier alpha value is -1.78. The van der Waals surface area contributed by atoms with E-state index in [9.17, 15) is 4.79 Å². The van der Waals surface area contributed by atoms with Crippen LogP contribution in [-0.4, -0.2) is 29.3 Å². The van der Waals surface area contributed by atoms with E-state index in [0.29, 0.717) is 30.2 Å². The van der Waals surface area contributed by atoms with Crippen LogP contribution in [0.2, 0.25) is 0 Å². The molecule has 1 aromatic rings. The molecule has 1 heterocycles. The Kier molecular flexibility index (Phi) is 3.91. The number of nitrogens with one attached hydrogen (secondary N) is 2. The van der Waals surface area contributed by atoms with Crippen molar-refractivity contribution in [2.24, 2.45) is 0 Å². The lowest BCUT2D eigenvalue weighted by Gasteiger charge is -2.04. The number of aryl methyl sites for hydroxylation is 1. The maximum Gasteiger partial charge on any atom is 0.343 e. The van der Waals surface area contributed by atoms with Gasteiger partial charge in [-0.05, 0) is 13.8 Å². The van der Waals surface area contributed by atoms with Gasteiger partial charge in [0.25, 0.3) is 0 Å². The minimum atomic E-state index is -0.365. The Bertz CT molecular complexity index is 358. The molecule has 0 aliphatic rings. The number of ether oxygens (including phenoxy) is 1. The van der Waals surface area contributed by atoms with E-state index in [2.05, 4.69) is 22.1 Å². The number of carbonyl (C=O) groups excluding carboxylic acids is 1. The summed E-state index contributed by atoms with van der Waals surface area (Å²) in [6.45, 7) is 8.02. The molecule has 82 valence electrons. The Labute approximate surface area is 88.5 Å². The zero-order valence-corrected chi connectivity index (χ0v) is 8.96. The summed E-state index contributed by atoms with van der Waals surface area (Å²) in [5.74, 6) is 0.140. The first-order chi connectivity index (χ1) is 7.20. The van der Waals surface area contributed by atoms with E-state index in [-0.39, 0.29) is 5.97 Å². The van der Waals surface area contributed by atoms with E-state index >= 15 is 0 Å². The number of rotatable bonds is 5. The summed E-state index contributed by atoms with van der Waals surface area (Å²) in [5.41, 5.74) is 1.15. The number of hydrogen-bond donors (Lipinski definition) is 2. The van der Waals surface area contributed by atoms with Crippen molar-refractivity contribution in [2.45, 2.75) is 13.8 Å². The zero-order valence-electron chi connectivity index (χ0n) is 8.96. The fourth-order valence-corrected chi connectivity index (χ4v) is 1.18. The second-order valence-electron chi connectivity index (χ2n) is 2.96. The number of anilines is 1. The topological polar surface area (TPSA) is 67.0 Å². The highest BCUT2D eigenvalue weighted by Gasteiger charge is 2.18. The Morgan fingerprint density at radius 1 is 1.73 bits per heavy atom. The second kappa shape index (κ2) is 5.19. The van der Waals surface area contributed by atoms with Gasteiger partial charge in [-0.3, -0.25) is 5.10 Å². The quantitative estimate of drug-likeness (QED) is 0.569. The number of aromatic amines is 1. The number of H-pyrrole nitrogens is 1. The van der Waals surface area contributed by atoms with Gasteiger partial charge in [0.1, 0.15) is 5.56 Å². The van der Waals surface area contributed by atoms with E-state index in [1.165, 1.54) is 0 Å². The molecule has 0 aromatic carbocycles. The number of carbonyl (C=O) groups is 1. The summed E-state index contributed by atoms with van der Waals surface area (Å²) in [4.78, 5) is 11.6. The third kappa shape index (κ3) is 2.59. The maximum absolute atomic E-state index is 11.6. The van der Waals surface area contributed by atoms with Crippen LogP contribution in [0.4, 0.5) is 5.82 Å². The average molecular weight is 209 g/mol. The van der Waals surface area contributed by atoms with E-state index in [1.807, 2.05) is 0 Å². The Morgan fingerprint density at radius 3 is 3.07 bits per heavy atom. The van der Waals surface area contributed by atoms with Crippen molar-refractivity contribution in [3.05, 3.63) is 23.9 Å². The average Bonchev–Trinajstić information content (AvgIpc) is 2.57. The lowest BCUT2D eigenvalue weighted by atomic mass is 10.2. The molecule has 1 rings (SSSR count). The van der Waals surface area contributed by atoms with Crippen molar-refractivity contribution in [2.75, 3.05) is 18.5 Å². The molecular weight excluding hydrogens is 194 g/mol. The predicted molar refractivity (Wildman–Crippen MR) is 58.0 cm³/mol.